The first-order chi connectivity index (χ1) is 9.74. The molecular formula is C15H18O4S. The highest BCUT2D eigenvalue weighted by molar-refractivity contribution is 7.21. The molecule has 0 bridgehead atoms. The Morgan fingerprint density at radius 1 is 1.20 bits per heavy atom. The Balaban J connectivity index is 2.04. The van der Waals surface area contributed by atoms with Crippen LogP contribution < -0.4 is 0 Å². The van der Waals surface area contributed by atoms with Gasteiger partial charge in [0.25, 0.3) is 0 Å². The highest BCUT2D eigenvalue weighted by Gasteiger charge is 2.17. The summed E-state index contributed by atoms with van der Waals surface area (Å²) in [4.78, 5) is 11.7. The molecule has 1 aromatic heterocycles. The maximum atomic E-state index is 11.3. The average Bonchev–Trinajstić information content (AvgIpc) is 2.82. The maximum Gasteiger partial charge on any atom is 0.346 e. The molecule has 1 N–H and O–H groups in total. The zero-order valence-corrected chi connectivity index (χ0v) is 12.2. The van der Waals surface area contributed by atoms with E-state index in [4.69, 9.17) is 9.47 Å². The van der Waals surface area contributed by atoms with E-state index in [0.29, 0.717) is 24.7 Å². The van der Waals surface area contributed by atoms with Crippen LogP contribution in [0.1, 0.15) is 28.6 Å². The Morgan fingerprint density at radius 2 is 1.95 bits per heavy atom. The van der Waals surface area contributed by atoms with Crippen LogP contribution >= 0.6 is 11.3 Å². The van der Waals surface area contributed by atoms with Gasteiger partial charge < -0.3 is 14.6 Å². The van der Waals surface area contributed by atoms with Gasteiger partial charge in [0.15, 0.2) is 0 Å². The second kappa shape index (κ2) is 7.38. The topological polar surface area (TPSA) is 55.8 Å². The van der Waals surface area contributed by atoms with Crippen molar-refractivity contribution in [3.63, 3.8) is 0 Å². The molecular weight excluding hydrogens is 276 g/mol. The lowest BCUT2D eigenvalue weighted by Gasteiger charge is -2.05. The van der Waals surface area contributed by atoms with Crippen molar-refractivity contribution in [2.75, 3.05) is 19.8 Å². The van der Waals surface area contributed by atoms with Crippen molar-refractivity contribution in [3.8, 4) is 0 Å². The number of thiophene rings is 1. The number of ether oxygens (including phenoxy) is 2. The molecule has 0 atom stereocenters. The standard InChI is InChI=1S/C15H18O4S/c1-2-7-18-8-9-19-10-12-11-5-3-4-6-13(11)20-14(12)15(16)17/h3-6H,2,7-10H2,1H3,(H,16,17). The van der Waals surface area contributed by atoms with E-state index in [-0.39, 0.29) is 0 Å². The van der Waals surface area contributed by atoms with Gasteiger partial charge in [-0.05, 0) is 17.9 Å². The minimum Gasteiger partial charge on any atom is -0.477 e. The molecule has 0 spiro atoms. The van der Waals surface area contributed by atoms with Crippen molar-refractivity contribution in [2.24, 2.45) is 0 Å². The molecule has 2 rings (SSSR count). The summed E-state index contributed by atoms with van der Waals surface area (Å²) in [5.41, 5.74) is 0.758. The molecule has 5 heteroatoms. The van der Waals surface area contributed by atoms with Crippen LogP contribution in [-0.4, -0.2) is 30.9 Å². The molecule has 0 aliphatic carbocycles. The summed E-state index contributed by atoms with van der Waals surface area (Å²) in [6.07, 6.45) is 0.984. The molecule has 0 aliphatic rings. The van der Waals surface area contributed by atoms with Gasteiger partial charge in [-0.3, -0.25) is 0 Å². The van der Waals surface area contributed by atoms with Crippen LogP contribution in [0, 0.1) is 0 Å². The summed E-state index contributed by atoms with van der Waals surface area (Å²) >= 11 is 1.29. The fourth-order valence-corrected chi connectivity index (χ4v) is 3.00. The van der Waals surface area contributed by atoms with E-state index in [2.05, 4.69) is 6.92 Å². The lowest BCUT2D eigenvalue weighted by atomic mass is 10.1. The van der Waals surface area contributed by atoms with Crippen LogP contribution in [0.25, 0.3) is 10.1 Å². The van der Waals surface area contributed by atoms with Crippen LogP contribution in [0.15, 0.2) is 24.3 Å². The summed E-state index contributed by atoms with van der Waals surface area (Å²) in [5.74, 6) is -0.896. The third kappa shape index (κ3) is 3.56. The van der Waals surface area contributed by atoms with Gasteiger partial charge in [-0.15, -0.1) is 11.3 Å². The molecule has 0 saturated heterocycles. The summed E-state index contributed by atoms with van der Waals surface area (Å²) in [7, 11) is 0. The molecule has 4 nitrogen and oxygen atoms in total. The summed E-state index contributed by atoms with van der Waals surface area (Å²) in [6, 6.07) is 7.69. The SMILES string of the molecule is CCCOCCOCc1c(C(=O)O)sc2ccccc12. The first-order valence-corrected chi connectivity index (χ1v) is 7.45. The van der Waals surface area contributed by atoms with Crippen LogP contribution in [0.5, 0.6) is 0 Å². The fraction of sp³-hybridized carbons (Fsp3) is 0.400. The minimum absolute atomic E-state index is 0.307. The number of fused-ring (bicyclic) bond motifs is 1. The number of aromatic carboxylic acids is 1. The average molecular weight is 294 g/mol. The Labute approximate surface area is 121 Å². The van der Waals surface area contributed by atoms with E-state index < -0.39 is 5.97 Å². The predicted octanol–water partition coefficient (Wildman–Crippen LogP) is 3.54. The monoisotopic (exact) mass is 294 g/mol. The third-order valence-electron chi connectivity index (χ3n) is 2.86. The molecule has 108 valence electrons. The molecule has 0 aliphatic heterocycles. The van der Waals surface area contributed by atoms with E-state index in [9.17, 15) is 9.90 Å². The number of carboxylic acid groups (broad SMARTS) is 1. The molecule has 0 radical (unpaired) electrons. The Kier molecular flexibility index (Phi) is 5.52. The first-order valence-electron chi connectivity index (χ1n) is 6.63. The number of rotatable bonds is 8. The quantitative estimate of drug-likeness (QED) is 0.757. The predicted molar refractivity (Wildman–Crippen MR) is 79.6 cm³/mol. The molecule has 1 heterocycles. The van der Waals surface area contributed by atoms with Gasteiger partial charge in [0.05, 0.1) is 19.8 Å². The van der Waals surface area contributed by atoms with E-state index in [1.807, 2.05) is 24.3 Å². The number of carboxylic acids is 1. The molecule has 0 unspecified atom stereocenters. The van der Waals surface area contributed by atoms with Crippen LogP contribution in [0.4, 0.5) is 0 Å². The van der Waals surface area contributed by atoms with E-state index in [1.165, 1.54) is 11.3 Å². The maximum absolute atomic E-state index is 11.3. The lowest BCUT2D eigenvalue weighted by Crippen LogP contribution is -2.06. The highest BCUT2D eigenvalue weighted by Crippen LogP contribution is 2.31. The van der Waals surface area contributed by atoms with Gasteiger partial charge in [-0.25, -0.2) is 4.79 Å². The van der Waals surface area contributed by atoms with Crippen molar-refractivity contribution >= 4 is 27.4 Å². The summed E-state index contributed by atoms with van der Waals surface area (Å²) < 4.78 is 11.8. The van der Waals surface area contributed by atoms with Gasteiger partial charge in [0.2, 0.25) is 0 Å². The molecule has 2 aromatic rings. The van der Waals surface area contributed by atoms with Gasteiger partial charge in [-0.1, -0.05) is 25.1 Å². The van der Waals surface area contributed by atoms with Gasteiger partial charge in [0, 0.05) is 16.9 Å². The van der Waals surface area contributed by atoms with Crippen molar-refractivity contribution < 1.29 is 19.4 Å². The van der Waals surface area contributed by atoms with E-state index in [1.54, 1.807) is 0 Å². The third-order valence-corrected chi connectivity index (χ3v) is 4.06. The number of carbonyl (C=O) groups is 1. The molecule has 20 heavy (non-hydrogen) atoms. The van der Waals surface area contributed by atoms with Gasteiger partial charge in [-0.2, -0.15) is 0 Å². The normalized spacial score (nSPS) is 11.1. The van der Waals surface area contributed by atoms with Crippen LogP contribution in [-0.2, 0) is 16.1 Å². The van der Waals surface area contributed by atoms with Crippen molar-refractivity contribution in [1.29, 1.82) is 0 Å². The number of benzene rings is 1. The summed E-state index contributed by atoms with van der Waals surface area (Å²) in [5, 5.41) is 10.2. The van der Waals surface area contributed by atoms with Crippen LogP contribution in [0.3, 0.4) is 0 Å². The Hall–Kier alpha value is -1.43. The fourth-order valence-electron chi connectivity index (χ4n) is 1.95. The Bertz CT molecular complexity index is 576. The number of hydrogen-bond donors (Lipinski definition) is 1. The lowest BCUT2D eigenvalue weighted by molar-refractivity contribution is 0.0406. The Morgan fingerprint density at radius 3 is 2.70 bits per heavy atom. The zero-order valence-electron chi connectivity index (χ0n) is 11.4. The van der Waals surface area contributed by atoms with Gasteiger partial charge >= 0.3 is 5.97 Å². The largest absolute Gasteiger partial charge is 0.477 e. The number of hydrogen-bond acceptors (Lipinski definition) is 4. The van der Waals surface area contributed by atoms with Crippen LogP contribution in [0.2, 0.25) is 0 Å². The zero-order chi connectivity index (χ0) is 14.4. The summed E-state index contributed by atoms with van der Waals surface area (Å²) in [6.45, 7) is 4.10. The molecule has 1 aromatic carbocycles. The van der Waals surface area contributed by atoms with Crippen molar-refractivity contribution in [2.45, 2.75) is 20.0 Å². The molecule has 0 amide bonds. The van der Waals surface area contributed by atoms with Crippen molar-refractivity contribution in [3.05, 3.63) is 34.7 Å². The second-order valence-electron chi connectivity index (χ2n) is 4.38. The highest BCUT2D eigenvalue weighted by atomic mass is 32.1. The first kappa shape index (κ1) is 15.0. The smallest absolute Gasteiger partial charge is 0.346 e. The molecule has 0 fully saturated rings. The second-order valence-corrected chi connectivity index (χ2v) is 5.43. The minimum atomic E-state index is -0.896. The van der Waals surface area contributed by atoms with Crippen molar-refractivity contribution in [1.82, 2.24) is 0 Å². The molecule has 0 saturated carbocycles. The van der Waals surface area contributed by atoms with Gasteiger partial charge in [0.1, 0.15) is 4.88 Å². The van der Waals surface area contributed by atoms with E-state index in [0.717, 1.165) is 28.7 Å². The van der Waals surface area contributed by atoms with E-state index >= 15 is 0 Å².